The van der Waals surface area contributed by atoms with E-state index < -0.39 is 12.7 Å². The van der Waals surface area contributed by atoms with Crippen molar-refractivity contribution in [2.24, 2.45) is 0 Å². The van der Waals surface area contributed by atoms with Crippen molar-refractivity contribution in [2.45, 2.75) is 45.3 Å². The second kappa shape index (κ2) is 6.40. The molecule has 1 aliphatic heterocycles. The Hall–Kier alpha value is -0.785. The van der Waals surface area contributed by atoms with Crippen molar-refractivity contribution in [3.8, 4) is 0 Å². The fraction of sp³-hybridized carbons (Fsp3) is 0.909. The Bertz CT molecular complexity index is 271. The highest BCUT2D eigenvalue weighted by Crippen LogP contribution is 2.17. The molecule has 0 aliphatic carbocycles. The first-order chi connectivity index (χ1) is 8.28. The average molecular weight is 259 g/mol. The molecule has 104 valence electrons. The fourth-order valence-corrected chi connectivity index (χ4v) is 1.75. The third-order valence-electron chi connectivity index (χ3n) is 2.57. The SMILES string of the molecule is CC(C)(C)OC(=O)N1CCC(OCB(O)O)CC1. The van der Waals surface area contributed by atoms with E-state index in [1.807, 2.05) is 20.8 Å². The third-order valence-corrected chi connectivity index (χ3v) is 2.57. The Morgan fingerprint density at radius 3 is 2.33 bits per heavy atom. The molecule has 0 spiro atoms. The summed E-state index contributed by atoms with van der Waals surface area (Å²) in [7, 11) is -1.44. The Morgan fingerprint density at radius 1 is 1.33 bits per heavy atom. The molecule has 0 bridgehead atoms. The van der Waals surface area contributed by atoms with Gasteiger partial charge >= 0.3 is 13.2 Å². The molecule has 1 aliphatic rings. The van der Waals surface area contributed by atoms with Crippen molar-refractivity contribution < 1.29 is 24.3 Å². The summed E-state index contributed by atoms with van der Waals surface area (Å²) >= 11 is 0. The van der Waals surface area contributed by atoms with E-state index in [9.17, 15) is 4.79 Å². The first-order valence-electron chi connectivity index (χ1n) is 6.23. The second-order valence-electron chi connectivity index (χ2n) is 5.48. The van der Waals surface area contributed by atoms with Crippen LogP contribution in [0.4, 0.5) is 4.79 Å². The zero-order chi connectivity index (χ0) is 13.8. The Labute approximate surface area is 108 Å². The van der Waals surface area contributed by atoms with Crippen molar-refractivity contribution >= 4 is 13.2 Å². The summed E-state index contributed by atoms with van der Waals surface area (Å²) in [6.07, 6.45) is 1.05. The molecule has 18 heavy (non-hydrogen) atoms. The molecule has 6 nitrogen and oxygen atoms in total. The topological polar surface area (TPSA) is 79.2 Å². The molecule has 1 saturated heterocycles. The van der Waals surface area contributed by atoms with Crippen molar-refractivity contribution in [2.75, 3.05) is 19.6 Å². The van der Waals surface area contributed by atoms with Crippen molar-refractivity contribution in [1.82, 2.24) is 4.90 Å². The molecule has 0 aromatic rings. The zero-order valence-electron chi connectivity index (χ0n) is 11.3. The molecule has 0 aromatic carbocycles. The van der Waals surface area contributed by atoms with E-state index in [0.717, 1.165) is 0 Å². The smallest absolute Gasteiger partial charge is 0.444 e. The molecule has 0 aromatic heterocycles. The quantitative estimate of drug-likeness (QED) is 0.718. The number of amides is 1. The summed E-state index contributed by atoms with van der Waals surface area (Å²) in [4.78, 5) is 13.4. The molecular weight excluding hydrogens is 237 g/mol. The second-order valence-corrected chi connectivity index (χ2v) is 5.48. The summed E-state index contributed by atoms with van der Waals surface area (Å²) in [5, 5.41) is 17.4. The maximum atomic E-state index is 11.8. The first-order valence-corrected chi connectivity index (χ1v) is 6.23. The Morgan fingerprint density at radius 2 is 1.89 bits per heavy atom. The number of likely N-dealkylation sites (tertiary alicyclic amines) is 1. The number of carbonyl (C=O) groups is 1. The van der Waals surface area contributed by atoms with Crippen LogP contribution in [0.1, 0.15) is 33.6 Å². The van der Waals surface area contributed by atoms with Crippen LogP contribution in [0.15, 0.2) is 0 Å². The standard InChI is InChI=1S/C11H22BNO5/c1-11(2,3)18-10(14)13-6-4-9(5-7-13)17-8-12(15)16/h9,15-16H,4-8H2,1-3H3. The van der Waals surface area contributed by atoms with Crippen molar-refractivity contribution in [3.63, 3.8) is 0 Å². The minimum absolute atomic E-state index is 0.0227. The number of piperidine rings is 1. The van der Waals surface area contributed by atoms with E-state index in [0.29, 0.717) is 25.9 Å². The fourth-order valence-electron chi connectivity index (χ4n) is 1.75. The van der Waals surface area contributed by atoms with Gasteiger partial charge in [-0.1, -0.05) is 0 Å². The molecule has 1 fully saturated rings. The minimum Gasteiger partial charge on any atom is -0.444 e. The van der Waals surface area contributed by atoms with Crippen LogP contribution in [0.5, 0.6) is 0 Å². The van der Waals surface area contributed by atoms with Gasteiger partial charge in [0, 0.05) is 13.1 Å². The third kappa shape index (κ3) is 5.70. The molecular formula is C11H22BNO5. The molecule has 1 heterocycles. The molecule has 2 N–H and O–H groups in total. The number of nitrogens with zero attached hydrogens (tertiary/aromatic N) is 1. The van der Waals surface area contributed by atoms with Crippen LogP contribution >= 0.6 is 0 Å². The summed E-state index contributed by atoms with van der Waals surface area (Å²) < 4.78 is 10.6. The Balaban J connectivity index is 2.28. The van der Waals surface area contributed by atoms with Crippen LogP contribution in [0.2, 0.25) is 0 Å². The van der Waals surface area contributed by atoms with Crippen LogP contribution in [0.25, 0.3) is 0 Å². The predicted molar refractivity (Wildman–Crippen MR) is 67.0 cm³/mol. The molecule has 7 heteroatoms. The van der Waals surface area contributed by atoms with Gasteiger partial charge in [-0.05, 0) is 33.6 Å². The van der Waals surface area contributed by atoms with Gasteiger partial charge in [0.05, 0.1) is 12.6 Å². The van der Waals surface area contributed by atoms with Gasteiger partial charge in [0.2, 0.25) is 0 Å². The van der Waals surface area contributed by atoms with Gasteiger partial charge in [-0.25, -0.2) is 4.79 Å². The maximum absolute atomic E-state index is 11.8. The van der Waals surface area contributed by atoms with E-state index >= 15 is 0 Å². The van der Waals surface area contributed by atoms with Crippen LogP contribution in [0.3, 0.4) is 0 Å². The number of hydrogen-bond donors (Lipinski definition) is 2. The number of rotatable bonds is 3. The van der Waals surface area contributed by atoms with E-state index in [1.165, 1.54) is 0 Å². The average Bonchev–Trinajstić information content (AvgIpc) is 2.24. The van der Waals surface area contributed by atoms with Crippen LogP contribution in [0, 0.1) is 0 Å². The largest absolute Gasteiger partial charge is 0.479 e. The van der Waals surface area contributed by atoms with Gasteiger partial charge in [0.1, 0.15) is 5.60 Å². The van der Waals surface area contributed by atoms with Crippen molar-refractivity contribution in [3.05, 3.63) is 0 Å². The number of carbonyl (C=O) groups excluding carboxylic acids is 1. The van der Waals surface area contributed by atoms with E-state index in [1.54, 1.807) is 4.90 Å². The molecule has 1 rings (SSSR count). The van der Waals surface area contributed by atoms with Gasteiger partial charge in [-0.15, -0.1) is 0 Å². The molecule has 0 saturated carbocycles. The van der Waals surface area contributed by atoms with Crippen molar-refractivity contribution in [1.29, 1.82) is 0 Å². The first kappa shape index (κ1) is 15.3. The highest BCUT2D eigenvalue weighted by molar-refractivity contribution is 6.40. The Kier molecular flexibility index (Phi) is 5.43. The summed E-state index contributed by atoms with van der Waals surface area (Å²) in [5.41, 5.74) is -0.481. The number of hydrogen-bond acceptors (Lipinski definition) is 5. The van der Waals surface area contributed by atoms with E-state index in [-0.39, 0.29) is 18.7 Å². The van der Waals surface area contributed by atoms with Gasteiger partial charge < -0.3 is 24.4 Å². The van der Waals surface area contributed by atoms with Gasteiger partial charge in [0.15, 0.2) is 0 Å². The summed E-state index contributed by atoms with van der Waals surface area (Å²) in [6.45, 7) is 6.56. The lowest BCUT2D eigenvalue weighted by Crippen LogP contribution is -2.44. The maximum Gasteiger partial charge on any atom is 0.479 e. The monoisotopic (exact) mass is 259 g/mol. The van der Waals surface area contributed by atoms with Crippen LogP contribution in [-0.4, -0.2) is 59.5 Å². The van der Waals surface area contributed by atoms with E-state index in [4.69, 9.17) is 19.5 Å². The lowest BCUT2D eigenvalue weighted by Gasteiger charge is -2.33. The molecule has 0 unspecified atom stereocenters. The lowest BCUT2D eigenvalue weighted by atomic mass is 9.94. The van der Waals surface area contributed by atoms with Crippen LogP contribution in [-0.2, 0) is 9.47 Å². The highest BCUT2D eigenvalue weighted by atomic mass is 16.6. The minimum atomic E-state index is -1.44. The molecule has 0 atom stereocenters. The normalized spacial score (nSPS) is 17.7. The highest BCUT2D eigenvalue weighted by Gasteiger charge is 2.27. The zero-order valence-corrected chi connectivity index (χ0v) is 11.3. The van der Waals surface area contributed by atoms with Gasteiger partial charge in [-0.3, -0.25) is 0 Å². The summed E-state index contributed by atoms with van der Waals surface area (Å²) in [6, 6.07) is 0. The summed E-state index contributed by atoms with van der Waals surface area (Å²) in [5.74, 6) is 0. The lowest BCUT2D eigenvalue weighted by molar-refractivity contribution is -0.00496. The molecule has 1 amide bonds. The van der Waals surface area contributed by atoms with Gasteiger partial charge in [-0.2, -0.15) is 0 Å². The predicted octanol–water partition coefficient (Wildman–Crippen LogP) is 0.414. The molecule has 0 radical (unpaired) electrons. The van der Waals surface area contributed by atoms with Gasteiger partial charge in [0.25, 0.3) is 0 Å². The van der Waals surface area contributed by atoms with E-state index in [2.05, 4.69) is 0 Å². The number of ether oxygens (including phenoxy) is 2. The van der Waals surface area contributed by atoms with Crippen LogP contribution < -0.4 is 0 Å².